The minimum atomic E-state index is -0.614. The van der Waals surface area contributed by atoms with Gasteiger partial charge in [-0.2, -0.15) is 11.8 Å². The molecule has 0 saturated heterocycles. The lowest BCUT2D eigenvalue weighted by Crippen LogP contribution is -2.21. The van der Waals surface area contributed by atoms with Gasteiger partial charge in [0.1, 0.15) is 12.7 Å². The molecule has 1 heterocycles. The van der Waals surface area contributed by atoms with E-state index in [4.69, 9.17) is 4.74 Å². The van der Waals surface area contributed by atoms with Crippen LogP contribution >= 0.6 is 11.8 Å². The number of carbonyl (C=O) groups is 1. The van der Waals surface area contributed by atoms with Gasteiger partial charge in [0.15, 0.2) is 0 Å². The van der Waals surface area contributed by atoms with E-state index in [1.54, 1.807) is 18.0 Å². The molecule has 16 heavy (non-hydrogen) atoms. The molecule has 0 fully saturated rings. The van der Waals surface area contributed by atoms with Gasteiger partial charge in [0.2, 0.25) is 0 Å². The van der Waals surface area contributed by atoms with Gasteiger partial charge in [-0.3, -0.25) is 4.79 Å². The Morgan fingerprint density at radius 3 is 3.06 bits per heavy atom. The fourth-order valence-corrected chi connectivity index (χ4v) is 2.03. The lowest BCUT2D eigenvalue weighted by Gasteiger charge is -2.15. The number of allylic oxidation sites excluding steroid dienone is 2. The molecule has 0 aromatic carbocycles. The zero-order valence-electron chi connectivity index (χ0n) is 9.17. The summed E-state index contributed by atoms with van der Waals surface area (Å²) in [5, 5.41) is 9.46. The van der Waals surface area contributed by atoms with Gasteiger partial charge in [0.25, 0.3) is 0 Å². The third-order valence-corrected chi connectivity index (χ3v) is 3.02. The molecule has 0 aliphatic carbocycles. The van der Waals surface area contributed by atoms with Crippen molar-refractivity contribution in [2.75, 3.05) is 18.1 Å². The summed E-state index contributed by atoms with van der Waals surface area (Å²) < 4.78 is 9.99. The van der Waals surface area contributed by atoms with Crippen LogP contribution in [0.3, 0.4) is 0 Å². The maximum Gasteiger partial charge on any atom is 0.302 e. The maximum absolute atomic E-state index is 10.5. The molecule has 90 valence electrons. The second-order valence-electron chi connectivity index (χ2n) is 3.38. The van der Waals surface area contributed by atoms with Crippen molar-refractivity contribution in [1.29, 1.82) is 0 Å². The minimum Gasteiger partial charge on any atom is -0.493 e. The molecule has 0 aromatic rings. The van der Waals surface area contributed by atoms with Gasteiger partial charge in [-0.1, -0.05) is 6.08 Å². The van der Waals surface area contributed by atoms with Crippen molar-refractivity contribution in [1.82, 2.24) is 0 Å². The largest absolute Gasteiger partial charge is 0.493 e. The second kappa shape index (κ2) is 7.35. The van der Waals surface area contributed by atoms with Gasteiger partial charge in [-0.25, -0.2) is 0 Å². The van der Waals surface area contributed by atoms with Crippen molar-refractivity contribution >= 4 is 17.7 Å². The molecule has 1 rings (SSSR count). The Morgan fingerprint density at radius 2 is 2.44 bits per heavy atom. The quantitative estimate of drug-likeness (QED) is 0.709. The molecule has 5 heteroatoms. The first-order chi connectivity index (χ1) is 7.68. The molecule has 1 N–H and O–H groups in total. The average Bonchev–Trinajstić information content (AvgIpc) is 2.28. The Balaban J connectivity index is 2.03. The highest BCUT2D eigenvalue weighted by Crippen LogP contribution is 2.11. The summed E-state index contributed by atoms with van der Waals surface area (Å²) in [6.45, 7) is 1.39. The van der Waals surface area contributed by atoms with Crippen LogP contribution in [0.2, 0.25) is 0 Å². The summed E-state index contributed by atoms with van der Waals surface area (Å²) in [6, 6.07) is 0. The minimum absolute atomic E-state index is 0.0591. The molecule has 0 bridgehead atoms. The number of aliphatic hydroxyl groups is 1. The molecule has 0 amide bonds. The fraction of sp³-hybridized carbons (Fsp3) is 0.545. The van der Waals surface area contributed by atoms with Gasteiger partial charge in [0.05, 0.1) is 12.4 Å². The summed E-state index contributed by atoms with van der Waals surface area (Å²) in [6.07, 6.45) is 6.83. The van der Waals surface area contributed by atoms with Crippen LogP contribution in [0, 0.1) is 0 Å². The van der Waals surface area contributed by atoms with E-state index in [1.807, 2.05) is 18.2 Å². The van der Waals surface area contributed by atoms with Gasteiger partial charge in [-0.05, 0) is 12.2 Å². The van der Waals surface area contributed by atoms with Crippen molar-refractivity contribution in [2.45, 2.75) is 19.1 Å². The standard InChI is InChI=1S/C11H16O4S/c1-9(12)15-6-10(13)7-16-8-11-4-2-3-5-14-11/h2-5,10-11,13H,6-8H2,1H3. The number of esters is 1. The maximum atomic E-state index is 10.5. The SMILES string of the molecule is CC(=O)OCC(O)CSCC1C=CC=CO1. The normalized spacial score (nSPS) is 20.2. The van der Waals surface area contributed by atoms with Gasteiger partial charge in [0, 0.05) is 18.4 Å². The molecule has 0 saturated carbocycles. The predicted molar refractivity (Wildman–Crippen MR) is 63.1 cm³/mol. The van der Waals surface area contributed by atoms with E-state index in [0.717, 1.165) is 5.75 Å². The van der Waals surface area contributed by atoms with Crippen molar-refractivity contribution in [3.8, 4) is 0 Å². The Bertz CT molecular complexity index is 275. The number of carbonyl (C=O) groups excluding carboxylic acids is 1. The third kappa shape index (κ3) is 5.82. The molecular weight excluding hydrogens is 228 g/mol. The smallest absolute Gasteiger partial charge is 0.302 e. The highest BCUT2D eigenvalue weighted by atomic mass is 32.2. The van der Waals surface area contributed by atoms with E-state index in [1.165, 1.54) is 6.92 Å². The molecule has 0 aromatic heterocycles. The highest BCUT2D eigenvalue weighted by Gasteiger charge is 2.10. The number of hydrogen-bond donors (Lipinski definition) is 1. The van der Waals surface area contributed by atoms with E-state index < -0.39 is 6.10 Å². The van der Waals surface area contributed by atoms with Crippen LogP contribution in [-0.2, 0) is 14.3 Å². The molecule has 0 radical (unpaired) electrons. The zero-order chi connectivity index (χ0) is 11.8. The van der Waals surface area contributed by atoms with Crippen molar-refractivity contribution in [3.05, 3.63) is 24.5 Å². The van der Waals surface area contributed by atoms with E-state index in [-0.39, 0.29) is 18.7 Å². The van der Waals surface area contributed by atoms with Gasteiger partial charge in [-0.15, -0.1) is 0 Å². The lowest BCUT2D eigenvalue weighted by molar-refractivity contribution is -0.143. The molecule has 1 aliphatic rings. The van der Waals surface area contributed by atoms with Crippen LogP contribution in [-0.4, -0.2) is 41.4 Å². The zero-order valence-corrected chi connectivity index (χ0v) is 9.98. The van der Waals surface area contributed by atoms with Crippen LogP contribution in [0.15, 0.2) is 24.5 Å². The van der Waals surface area contributed by atoms with Crippen molar-refractivity contribution < 1.29 is 19.4 Å². The molecule has 2 unspecified atom stereocenters. The van der Waals surface area contributed by atoms with Gasteiger partial charge >= 0.3 is 5.97 Å². The molecule has 4 nitrogen and oxygen atoms in total. The number of hydrogen-bond acceptors (Lipinski definition) is 5. The van der Waals surface area contributed by atoms with E-state index in [2.05, 4.69) is 4.74 Å². The molecule has 1 aliphatic heterocycles. The fourth-order valence-electron chi connectivity index (χ4n) is 1.10. The number of aliphatic hydroxyl groups excluding tert-OH is 1. The second-order valence-corrected chi connectivity index (χ2v) is 4.46. The monoisotopic (exact) mass is 244 g/mol. The Kier molecular flexibility index (Phi) is 6.03. The lowest BCUT2D eigenvalue weighted by atomic mass is 10.3. The van der Waals surface area contributed by atoms with Gasteiger partial charge < -0.3 is 14.6 Å². The van der Waals surface area contributed by atoms with Crippen LogP contribution in [0.25, 0.3) is 0 Å². The van der Waals surface area contributed by atoms with Crippen molar-refractivity contribution in [3.63, 3.8) is 0 Å². The summed E-state index contributed by atoms with van der Waals surface area (Å²) in [5.41, 5.74) is 0. The van der Waals surface area contributed by atoms with Crippen LogP contribution < -0.4 is 0 Å². The number of thioether (sulfide) groups is 1. The highest BCUT2D eigenvalue weighted by molar-refractivity contribution is 7.99. The first-order valence-electron chi connectivity index (χ1n) is 5.06. The summed E-state index contributed by atoms with van der Waals surface area (Å²) in [4.78, 5) is 10.5. The number of rotatable bonds is 6. The van der Waals surface area contributed by atoms with Crippen molar-refractivity contribution in [2.24, 2.45) is 0 Å². The first-order valence-corrected chi connectivity index (χ1v) is 6.22. The molecule has 2 atom stereocenters. The third-order valence-electron chi connectivity index (χ3n) is 1.84. The Hall–Kier alpha value is -0.940. The van der Waals surface area contributed by atoms with E-state index >= 15 is 0 Å². The number of ether oxygens (including phenoxy) is 2. The predicted octanol–water partition coefficient (Wildman–Crippen LogP) is 1.11. The van der Waals surface area contributed by atoms with Crippen LogP contribution in [0.4, 0.5) is 0 Å². The first kappa shape index (κ1) is 13.1. The molecular formula is C11H16O4S. The average molecular weight is 244 g/mol. The molecule has 0 spiro atoms. The van der Waals surface area contributed by atoms with Crippen LogP contribution in [0.1, 0.15) is 6.92 Å². The summed E-state index contributed by atoms with van der Waals surface area (Å²) >= 11 is 1.57. The Morgan fingerprint density at radius 1 is 1.62 bits per heavy atom. The van der Waals surface area contributed by atoms with E-state index in [9.17, 15) is 9.90 Å². The topological polar surface area (TPSA) is 55.8 Å². The van der Waals surface area contributed by atoms with E-state index in [0.29, 0.717) is 5.75 Å². The Labute approximate surface area is 99.3 Å². The summed E-state index contributed by atoms with van der Waals surface area (Å²) in [5.74, 6) is 0.940. The van der Waals surface area contributed by atoms with Crippen LogP contribution in [0.5, 0.6) is 0 Å². The summed E-state index contributed by atoms with van der Waals surface area (Å²) in [7, 11) is 0.